The number of imidazole rings is 1. The number of ether oxygens (including phenoxy) is 2. The molecule has 2 aromatic carbocycles. The third kappa shape index (κ3) is 7.02. The Kier molecular flexibility index (Phi) is 9.31. The largest absolute Gasteiger partial charge is 0.494 e. The lowest BCUT2D eigenvalue weighted by molar-refractivity contribution is -0.139. The number of methoxy groups -OCH3 is 1. The Hall–Kier alpha value is -5.27. The monoisotopic (exact) mass is 610 g/mol. The van der Waals surface area contributed by atoms with Gasteiger partial charge in [0.1, 0.15) is 11.6 Å². The highest BCUT2D eigenvalue weighted by atomic mass is 19.2. The molecule has 12 nitrogen and oxygen atoms in total. The number of carbonyl (C=O) groups excluding carboxylic acids is 2. The highest BCUT2D eigenvalue weighted by molar-refractivity contribution is 5.98. The number of nitrogens with one attached hydrogen (secondary N) is 3. The first-order valence-corrected chi connectivity index (χ1v) is 13.6. The maximum Gasteiger partial charge on any atom is 0.407 e. The number of anilines is 2. The molecule has 4 aromatic rings. The summed E-state index contributed by atoms with van der Waals surface area (Å²) in [6.45, 7) is 6.46. The molecule has 14 heteroatoms. The Morgan fingerprint density at radius 1 is 1.09 bits per heavy atom. The molecule has 0 unspecified atom stereocenters. The summed E-state index contributed by atoms with van der Waals surface area (Å²) in [7, 11) is 1.25. The number of hydrogen-bond acceptors (Lipinski definition) is 8. The molecule has 4 rings (SSSR count). The van der Waals surface area contributed by atoms with Gasteiger partial charge < -0.3 is 30.5 Å². The van der Waals surface area contributed by atoms with Crippen molar-refractivity contribution in [1.82, 2.24) is 25.0 Å². The number of alkyl carbamates (subject to hydrolysis) is 1. The van der Waals surface area contributed by atoms with E-state index in [4.69, 9.17) is 9.47 Å². The van der Waals surface area contributed by atoms with Crippen LogP contribution in [0.15, 0.2) is 48.9 Å². The molecule has 0 aliphatic carbocycles. The lowest BCUT2D eigenvalue weighted by Gasteiger charge is -2.21. The molecule has 0 saturated heterocycles. The second-order valence-electron chi connectivity index (χ2n) is 10.7. The molecule has 0 bridgehead atoms. The minimum atomic E-state index is -1.40. The summed E-state index contributed by atoms with van der Waals surface area (Å²) in [4.78, 5) is 45.4. The van der Waals surface area contributed by atoms with Gasteiger partial charge in [0.05, 0.1) is 25.5 Å². The molecule has 4 N–H and O–H groups in total. The number of carbonyl (C=O) groups is 3. The van der Waals surface area contributed by atoms with Gasteiger partial charge in [-0.3, -0.25) is 9.20 Å². The zero-order chi connectivity index (χ0) is 32.2. The van der Waals surface area contributed by atoms with Gasteiger partial charge in [-0.15, -0.1) is 0 Å². The number of aliphatic carboxylic acids is 1. The van der Waals surface area contributed by atoms with Gasteiger partial charge in [0.15, 0.2) is 23.0 Å². The lowest BCUT2D eigenvalue weighted by atomic mass is 10.0. The van der Waals surface area contributed by atoms with Gasteiger partial charge in [0.25, 0.3) is 5.91 Å². The number of benzene rings is 2. The van der Waals surface area contributed by atoms with Crippen LogP contribution in [0.25, 0.3) is 16.9 Å². The van der Waals surface area contributed by atoms with E-state index in [1.807, 2.05) is 6.92 Å². The smallest absolute Gasteiger partial charge is 0.407 e. The fraction of sp³-hybridized carbons (Fsp3) is 0.300. The van der Waals surface area contributed by atoms with Crippen LogP contribution in [0.2, 0.25) is 0 Å². The Morgan fingerprint density at radius 3 is 2.50 bits per heavy atom. The van der Waals surface area contributed by atoms with Crippen LogP contribution >= 0.6 is 0 Å². The van der Waals surface area contributed by atoms with Crippen LogP contribution in [0.5, 0.6) is 5.75 Å². The van der Waals surface area contributed by atoms with Crippen LogP contribution < -0.4 is 20.7 Å². The van der Waals surface area contributed by atoms with Gasteiger partial charge in [-0.05, 0) is 63.1 Å². The van der Waals surface area contributed by atoms with Gasteiger partial charge in [0, 0.05) is 29.2 Å². The van der Waals surface area contributed by atoms with Crippen LogP contribution in [0.4, 0.5) is 25.1 Å². The van der Waals surface area contributed by atoms with E-state index in [2.05, 4.69) is 25.9 Å². The predicted molar refractivity (Wildman–Crippen MR) is 157 cm³/mol. The molecular weight excluding hydrogens is 578 g/mol. The molecule has 232 valence electrons. The molecule has 2 heterocycles. The van der Waals surface area contributed by atoms with E-state index in [9.17, 15) is 28.3 Å². The predicted octanol–water partition coefficient (Wildman–Crippen LogP) is 4.70. The van der Waals surface area contributed by atoms with Crippen LogP contribution in [-0.4, -0.2) is 62.7 Å². The fourth-order valence-electron chi connectivity index (χ4n) is 4.35. The summed E-state index contributed by atoms with van der Waals surface area (Å²) in [5, 5.41) is 17.5. The van der Waals surface area contributed by atoms with Crippen molar-refractivity contribution in [3.05, 3.63) is 71.7 Å². The molecule has 2 amide bonds. The number of carboxylic acid groups (broad SMARTS) is 1. The summed E-state index contributed by atoms with van der Waals surface area (Å²) in [5.74, 6) is -4.07. The Bertz CT molecular complexity index is 1720. The number of rotatable bonds is 10. The second-order valence-corrected chi connectivity index (χ2v) is 10.7. The van der Waals surface area contributed by atoms with Gasteiger partial charge >= 0.3 is 12.1 Å². The lowest BCUT2D eigenvalue weighted by Crippen LogP contribution is -2.49. The summed E-state index contributed by atoms with van der Waals surface area (Å²) in [6, 6.07) is 6.16. The van der Waals surface area contributed by atoms with Crippen LogP contribution in [0.3, 0.4) is 0 Å². The van der Waals surface area contributed by atoms with Crippen LogP contribution in [0, 0.1) is 11.6 Å². The van der Waals surface area contributed by atoms with E-state index in [1.165, 1.54) is 37.7 Å². The molecule has 0 fully saturated rings. The molecule has 2 aromatic heterocycles. The van der Waals surface area contributed by atoms with E-state index >= 15 is 0 Å². The van der Waals surface area contributed by atoms with Gasteiger partial charge in [0.2, 0.25) is 5.82 Å². The average molecular weight is 611 g/mol. The van der Waals surface area contributed by atoms with Gasteiger partial charge in [-0.2, -0.15) is 4.39 Å². The van der Waals surface area contributed by atoms with Crippen molar-refractivity contribution in [2.24, 2.45) is 0 Å². The van der Waals surface area contributed by atoms with E-state index in [-0.39, 0.29) is 23.4 Å². The molecule has 0 spiro atoms. The van der Waals surface area contributed by atoms with Crippen molar-refractivity contribution < 1.29 is 37.7 Å². The maximum absolute atomic E-state index is 14.8. The minimum absolute atomic E-state index is 0.0162. The molecule has 44 heavy (non-hydrogen) atoms. The summed E-state index contributed by atoms with van der Waals surface area (Å²) in [6.07, 6.45) is 4.05. The number of halogens is 2. The highest BCUT2D eigenvalue weighted by Crippen LogP contribution is 2.31. The van der Waals surface area contributed by atoms with Gasteiger partial charge in [-0.1, -0.05) is 6.92 Å². The van der Waals surface area contributed by atoms with E-state index in [0.717, 1.165) is 0 Å². The normalized spacial score (nSPS) is 12.0. The van der Waals surface area contributed by atoms with Crippen molar-refractivity contribution in [1.29, 1.82) is 0 Å². The number of hydrogen-bond donors (Lipinski definition) is 4. The number of nitrogens with zero attached hydrogens (tertiary/aromatic N) is 3. The first-order valence-electron chi connectivity index (χ1n) is 13.6. The zero-order valence-corrected chi connectivity index (χ0v) is 24.7. The Balaban J connectivity index is 1.54. The quantitative estimate of drug-likeness (QED) is 0.200. The van der Waals surface area contributed by atoms with Crippen molar-refractivity contribution >= 4 is 35.1 Å². The number of amides is 2. The van der Waals surface area contributed by atoms with Gasteiger partial charge in [-0.25, -0.2) is 23.9 Å². The van der Waals surface area contributed by atoms with E-state index in [1.54, 1.807) is 43.5 Å². The number of aromatic nitrogens is 3. The topological polar surface area (TPSA) is 156 Å². The summed E-state index contributed by atoms with van der Waals surface area (Å²) in [5.41, 5.74) is 1.23. The van der Waals surface area contributed by atoms with Crippen LogP contribution in [0.1, 0.15) is 43.6 Å². The fourth-order valence-corrected chi connectivity index (χ4v) is 4.35. The van der Waals surface area contributed by atoms with E-state index in [0.29, 0.717) is 34.8 Å². The number of carboxylic acids is 1. The van der Waals surface area contributed by atoms with Crippen molar-refractivity contribution in [3.63, 3.8) is 0 Å². The number of fused-ring (bicyclic) bond motifs is 1. The average Bonchev–Trinajstić information content (AvgIpc) is 3.40. The zero-order valence-electron chi connectivity index (χ0n) is 24.7. The Morgan fingerprint density at radius 2 is 1.84 bits per heavy atom. The molecular formula is C30H32F2N6O6. The molecule has 0 aliphatic heterocycles. The van der Waals surface area contributed by atoms with Crippen molar-refractivity contribution in [2.45, 2.75) is 45.8 Å². The standard InChI is InChI=1S/C30H32F2N6O6/c1-6-16-13-17(7-8-18(16)27(39)37-20(28(40)41)14-35-29(42)44-30(2,3)4)36-25-26-34-15-21(38(26)12-11-33-25)19-9-10-22(43-5)24(32)23(19)31/h7-13,15,20H,6,14H2,1-5H3,(H,33,36)(H,35,42)(H,37,39)(H,40,41)/t20-/m0/s1. The highest BCUT2D eigenvalue weighted by Gasteiger charge is 2.25. The number of aryl methyl sites for hydroxylation is 1. The molecule has 1 atom stereocenters. The minimum Gasteiger partial charge on any atom is -0.494 e. The summed E-state index contributed by atoms with van der Waals surface area (Å²) < 4.78 is 40.7. The summed E-state index contributed by atoms with van der Waals surface area (Å²) >= 11 is 0. The SMILES string of the molecule is CCc1cc(Nc2nccn3c(-c4ccc(OC)c(F)c4F)cnc23)ccc1C(=O)N[C@@H](CNC(=O)OC(C)(C)C)C(=O)O. The van der Waals surface area contributed by atoms with E-state index < -0.39 is 41.2 Å². The van der Waals surface area contributed by atoms with Crippen molar-refractivity contribution in [2.75, 3.05) is 19.0 Å². The third-order valence-corrected chi connectivity index (χ3v) is 6.42. The first kappa shape index (κ1) is 31.7. The van der Waals surface area contributed by atoms with Crippen LogP contribution in [-0.2, 0) is 16.0 Å². The molecule has 0 aliphatic rings. The molecule has 0 saturated carbocycles. The molecule has 0 radical (unpaired) electrons. The second kappa shape index (κ2) is 12.9. The van der Waals surface area contributed by atoms with Crippen molar-refractivity contribution in [3.8, 4) is 17.0 Å². The Labute approximate surface area is 251 Å². The maximum atomic E-state index is 14.8. The third-order valence-electron chi connectivity index (χ3n) is 6.42. The first-order chi connectivity index (χ1) is 20.8.